The number of ketones is 1. The standard InChI is InChI=1S/C44H46N8O6/c1-4-26-21-29-30(44(2,3)41-39(40(29)56)28-9-8-25(23-45)20-32(28)48-41)22-34(26)50-16-18-51(19-17-50)37(55)13-12-35(53)47-15-14-46-31-7-5-6-27-24-52(43(58)38(27)31)33-10-11-36(54)49-42(33)57/h5-9,20-22,33,46,48H,4,10-19,24H2,1-3H3,(H,47,53)(H,49,54,57). The van der Waals surface area contributed by atoms with E-state index in [0.29, 0.717) is 60.7 Å². The van der Waals surface area contributed by atoms with E-state index in [1.54, 1.807) is 23.1 Å². The molecule has 0 saturated carbocycles. The lowest BCUT2D eigenvalue weighted by atomic mass is 9.70. The predicted molar refractivity (Wildman–Crippen MR) is 216 cm³/mol. The third-order valence-corrected chi connectivity index (χ3v) is 12.2. The average molecular weight is 783 g/mol. The van der Waals surface area contributed by atoms with Crippen molar-refractivity contribution < 1.29 is 28.8 Å². The number of nitriles is 1. The number of hydrogen-bond donors (Lipinski definition) is 4. The second-order valence-electron chi connectivity index (χ2n) is 16.0. The van der Waals surface area contributed by atoms with Gasteiger partial charge in [0, 0.05) is 104 Å². The lowest BCUT2D eigenvalue weighted by Gasteiger charge is -2.39. The van der Waals surface area contributed by atoms with Gasteiger partial charge in [-0.3, -0.25) is 34.1 Å². The van der Waals surface area contributed by atoms with Crippen molar-refractivity contribution in [3.05, 3.63) is 93.2 Å². The molecule has 4 N–H and O–H groups in total. The fourth-order valence-electron chi connectivity index (χ4n) is 8.98. The smallest absolute Gasteiger partial charge is 0.257 e. The summed E-state index contributed by atoms with van der Waals surface area (Å²) < 4.78 is 0. The summed E-state index contributed by atoms with van der Waals surface area (Å²) in [7, 11) is 0. The summed E-state index contributed by atoms with van der Waals surface area (Å²) in [4.78, 5) is 86.4. The Kier molecular flexibility index (Phi) is 10.0. The van der Waals surface area contributed by atoms with Crippen LogP contribution in [0.25, 0.3) is 10.9 Å². The highest BCUT2D eigenvalue weighted by Crippen LogP contribution is 2.46. The van der Waals surface area contributed by atoms with E-state index in [0.717, 1.165) is 45.4 Å². The van der Waals surface area contributed by atoms with Gasteiger partial charge in [0.15, 0.2) is 5.78 Å². The summed E-state index contributed by atoms with van der Waals surface area (Å²) in [5.74, 6) is -1.40. The van der Waals surface area contributed by atoms with Crippen LogP contribution in [0.1, 0.15) is 101 Å². The number of H-pyrrole nitrogens is 1. The van der Waals surface area contributed by atoms with Crippen molar-refractivity contribution >= 4 is 57.6 Å². The van der Waals surface area contributed by atoms with E-state index >= 15 is 0 Å². The molecule has 0 bridgehead atoms. The lowest BCUT2D eigenvalue weighted by Crippen LogP contribution is -2.52. The van der Waals surface area contributed by atoms with Crippen LogP contribution < -0.4 is 20.9 Å². The SMILES string of the molecule is CCc1cc2c(cc1N1CCN(C(=O)CCC(=O)NCCNc3cccc4c3C(=O)N(C3CCC(=O)NC3=O)C4)CC1)C(C)(C)c1[nH]c3cc(C#N)ccc3c1C2=O. The molecule has 14 heteroatoms. The van der Waals surface area contributed by atoms with Gasteiger partial charge in [-0.25, -0.2) is 0 Å². The second-order valence-corrected chi connectivity index (χ2v) is 16.0. The summed E-state index contributed by atoms with van der Waals surface area (Å²) in [6, 6.07) is 16.5. The molecule has 0 spiro atoms. The van der Waals surface area contributed by atoms with Gasteiger partial charge in [-0.05, 0) is 59.9 Å². The Morgan fingerprint density at radius 1 is 0.966 bits per heavy atom. The van der Waals surface area contributed by atoms with Crippen LogP contribution in [0.3, 0.4) is 0 Å². The Hall–Kier alpha value is -6.49. The van der Waals surface area contributed by atoms with Crippen molar-refractivity contribution in [2.24, 2.45) is 0 Å². The minimum absolute atomic E-state index is 0.0202. The van der Waals surface area contributed by atoms with Crippen molar-refractivity contribution in [2.75, 3.05) is 49.5 Å². The van der Waals surface area contributed by atoms with Crippen molar-refractivity contribution in [3.8, 4) is 6.07 Å². The first kappa shape index (κ1) is 38.4. The first-order chi connectivity index (χ1) is 27.9. The highest BCUT2D eigenvalue weighted by Gasteiger charge is 2.42. The summed E-state index contributed by atoms with van der Waals surface area (Å²) in [6.07, 6.45) is 1.36. The van der Waals surface area contributed by atoms with Gasteiger partial charge in [-0.2, -0.15) is 5.26 Å². The topological polar surface area (TPSA) is 188 Å². The molecule has 0 radical (unpaired) electrons. The third kappa shape index (κ3) is 6.74. The van der Waals surface area contributed by atoms with Gasteiger partial charge < -0.3 is 30.3 Å². The molecule has 3 aliphatic heterocycles. The van der Waals surface area contributed by atoms with Crippen molar-refractivity contribution in [1.29, 1.82) is 5.26 Å². The molecule has 4 heterocycles. The molecule has 298 valence electrons. The van der Waals surface area contributed by atoms with Crippen LogP contribution in [0.5, 0.6) is 0 Å². The number of benzene rings is 3. The van der Waals surface area contributed by atoms with Gasteiger partial charge in [0.2, 0.25) is 23.6 Å². The molecule has 1 aliphatic carbocycles. The summed E-state index contributed by atoms with van der Waals surface area (Å²) in [5, 5.41) is 18.7. The maximum atomic E-state index is 14.1. The number of carbonyl (C=O) groups excluding carboxylic acids is 6. The number of fused-ring (bicyclic) bond motifs is 5. The number of rotatable bonds is 10. The van der Waals surface area contributed by atoms with Gasteiger partial charge in [0.1, 0.15) is 6.04 Å². The highest BCUT2D eigenvalue weighted by molar-refractivity contribution is 6.20. The van der Waals surface area contributed by atoms with Gasteiger partial charge >= 0.3 is 0 Å². The van der Waals surface area contributed by atoms with Gasteiger partial charge in [-0.1, -0.05) is 39.0 Å². The number of piperazine rings is 1. The number of nitrogens with zero attached hydrogens (tertiary/aromatic N) is 4. The molecule has 8 rings (SSSR count). The molecule has 1 atom stereocenters. The molecule has 5 amide bonds. The zero-order chi connectivity index (χ0) is 40.9. The number of carbonyl (C=O) groups is 6. The molecule has 58 heavy (non-hydrogen) atoms. The minimum Gasteiger partial charge on any atom is -0.383 e. The Balaban J connectivity index is 0.830. The molecule has 2 saturated heterocycles. The van der Waals surface area contributed by atoms with E-state index in [1.807, 2.05) is 24.3 Å². The number of nitrogens with one attached hydrogen (secondary N) is 4. The Morgan fingerprint density at radius 3 is 2.50 bits per heavy atom. The molecular formula is C44H46N8O6. The highest BCUT2D eigenvalue weighted by atomic mass is 16.2. The first-order valence-electron chi connectivity index (χ1n) is 20.0. The Labute approximate surface area is 335 Å². The van der Waals surface area contributed by atoms with Crippen LogP contribution in [0.4, 0.5) is 11.4 Å². The number of aromatic nitrogens is 1. The summed E-state index contributed by atoms with van der Waals surface area (Å²) >= 11 is 0. The van der Waals surface area contributed by atoms with Crippen LogP contribution in [-0.2, 0) is 37.6 Å². The Bertz CT molecular complexity index is 2450. The van der Waals surface area contributed by atoms with Gasteiger partial charge in [0.05, 0.1) is 22.8 Å². The lowest BCUT2D eigenvalue weighted by molar-refractivity contribution is -0.137. The maximum Gasteiger partial charge on any atom is 0.257 e. The molecule has 4 aromatic rings. The number of amides is 5. The van der Waals surface area contributed by atoms with E-state index in [9.17, 15) is 34.0 Å². The van der Waals surface area contributed by atoms with Crippen LogP contribution in [0.2, 0.25) is 0 Å². The van der Waals surface area contributed by atoms with Gasteiger partial charge in [-0.15, -0.1) is 0 Å². The minimum atomic E-state index is -0.696. The van der Waals surface area contributed by atoms with E-state index in [2.05, 4.69) is 58.7 Å². The monoisotopic (exact) mass is 782 g/mol. The van der Waals surface area contributed by atoms with E-state index in [-0.39, 0.29) is 68.2 Å². The quantitative estimate of drug-likeness (QED) is 0.137. The fourth-order valence-corrected chi connectivity index (χ4v) is 8.98. The number of hydrogen-bond acceptors (Lipinski definition) is 9. The van der Waals surface area contributed by atoms with Crippen LogP contribution in [-0.4, -0.2) is 95.4 Å². The van der Waals surface area contributed by atoms with Gasteiger partial charge in [0.25, 0.3) is 5.91 Å². The van der Waals surface area contributed by atoms with Crippen molar-refractivity contribution in [3.63, 3.8) is 0 Å². The summed E-state index contributed by atoms with van der Waals surface area (Å²) in [6.45, 7) is 9.51. The zero-order valence-corrected chi connectivity index (χ0v) is 32.9. The molecule has 2 fully saturated rings. The molecule has 14 nitrogen and oxygen atoms in total. The maximum absolute atomic E-state index is 14.1. The van der Waals surface area contributed by atoms with E-state index in [4.69, 9.17) is 0 Å². The molecule has 3 aromatic carbocycles. The predicted octanol–water partition coefficient (Wildman–Crippen LogP) is 3.89. The molecular weight excluding hydrogens is 737 g/mol. The third-order valence-electron chi connectivity index (χ3n) is 12.2. The number of aromatic amines is 1. The number of aryl methyl sites for hydroxylation is 1. The number of imide groups is 1. The number of piperidine rings is 1. The normalized spacial score (nSPS) is 18.4. The van der Waals surface area contributed by atoms with Crippen molar-refractivity contribution in [1.82, 2.24) is 25.4 Å². The van der Waals surface area contributed by atoms with Crippen LogP contribution in [0, 0.1) is 11.3 Å². The average Bonchev–Trinajstić information content (AvgIpc) is 3.78. The number of anilines is 2. The second kappa shape index (κ2) is 15.1. The Morgan fingerprint density at radius 2 is 1.76 bits per heavy atom. The van der Waals surface area contributed by atoms with Crippen LogP contribution >= 0.6 is 0 Å². The van der Waals surface area contributed by atoms with Crippen LogP contribution in [0.15, 0.2) is 48.5 Å². The molecule has 1 aromatic heterocycles. The fraction of sp³-hybridized carbons (Fsp3) is 0.386. The first-order valence-corrected chi connectivity index (χ1v) is 20.0. The van der Waals surface area contributed by atoms with Crippen molar-refractivity contribution in [2.45, 2.75) is 70.9 Å². The largest absolute Gasteiger partial charge is 0.383 e. The summed E-state index contributed by atoms with van der Waals surface area (Å²) in [5.41, 5.74) is 7.98. The van der Waals surface area contributed by atoms with E-state index in [1.165, 1.54) is 4.90 Å². The molecule has 1 unspecified atom stereocenters. The van der Waals surface area contributed by atoms with E-state index < -0.39 is 17.4 Å². The molecule has 4 aliphatic rings. The zero-order valence-electron chi connectivity index (χ0n) is 32.9.